The molecule has 0 unspecified atom stereocenters. The van der Waals surface area contributed by atoms with Crippen molar-refractivity contribution in [2.75, 3.05) is 4.90 Å². The number of allylic oxidation sites excluding steroid dienone is 1. The lowest BCUT2D eigenvalue weighted by atomic mass is 9.92. The maximum Gasteiger partial charge on any atom is 0.0540 e. The van der Waals surface area contributed by atoms with Crippen molar-refractivity contribution in [2.45, 2.75) is 12.8 Å². The Morgan fingerprint density at radius 2 is 0.877 bits per heavy atom. The summed E-state index contributed by atoms with van der Waals surface area (Å²) >= 11 is 0. The lowest BCUT2D eigenvalue weighted by Gasteiger charge is -2.28. The van der Waals surface area contributed by atoms with Gasteiger partial charge in [0.1, 0.15) is 0 Å². The van der Waals surface area contributed by atoms with E-state index in [0.717, 1.165) is 29.9 Å². The van der Waals surface area contributed by atoms with Gasteiger partial charge in [-0.1, -0.05) is 170 Å². The Kier molecular flexibility index (Phi) is 8.89. The predicted octanol–water partition coefficient (Wildman–Crippen LogP) is 15.9. The minimum Gasteiger partial charge on any atom is -0.310 e. The molecule has 0 heterocycles. The molecule has 270 valence electrons. The highest BCUT2D eigenvalue weighted by Gasteiger charge is 2.18. The van der Waals surface area contributed by atoms with Crippen LogP contribution in [0.3, 0.4) is 0 Å². The van der Waals surface area contributed by atoms with E-state index in [1.807, 2.05) is 6.08 Å². The zero-order valence-corrected chi connectivity index (χ0v) is 31.8. The number of aryl methyl sites for hydroxylation is 1. The van der Waals surface area contributed by atoms with Crippen molar-refractivity contribution in [3.8, 4) is 33.4 Å². The van der Waals surface area contributed by atoms with Crippen molar-refractivity contribution in [2.24, 2.45) is 0 Å². The monoisotopic (exact) mass is 727 g/mol. The average molecular weight is 728 g/mol. The molecule has 0 aliphatic heterocycles. The van der Waals surface area contributed by atoms with Crippen LogP contribution >= 0.6 is 0 Å². The standard InChI is InChI=1S/C56H41N/c1-2-3-15-44-36-42-18-7-8-19-43(42)37-54(44)40-28-32-46(33-29-40)57(56-27-14-25-51-48(24-13-26-53(51)56)39-16-5-4-6-17-39)47-34-30-41(31-35-47)55-38-45-20-9-10-21-49(45)50-22-11-12-23-52(50)55/h2,4-14,16-38H,1,3,15H2. The van der Waals surface area contributed by atoms with Gasteiger partial charge in [-0.15, -0.1) is 6.58 Å². The van der Waals surface area contributed by atoms with Crippen LogP contribution in [0.5, 0.6) is 0 Å². The molecule has 1 heteroatoms. The van der Waals surface area contributed by atoms with E-state index in [4.69, 9.17) is 0 Å². The molecule has 0 saturated carbocycles. The van der Waals surface area contributed by atoms with Gasteiger partial charge in [0.2, 0.25) is 0 Å². The van der Waals surface area contributed by atoms with Gasteiger partial charge in [0.15, 0.2) is 0 Å². The molecule has 57 heavy (non-hydrogen) atoms. The molecule has 0 N–H and O–H groups in total. The van der Waals surface area contributed by atoms with E-state index in [2.05, 4.69) is 218 Å². The third kappa shape index (κ3) is 6.34. The summed E-state index contributed by atoms with van der Waals surface area (Å²) in [4.78, 5) is 2.42. The van der Waals surface area contributed by atoms with Gasteiger partial charge in [0, 0.05) is 16.8 Å². The van der Waals surface area contributed by atoms with E-state index >= 15 is 0 Å². The molecule has 0 amide bonds. The van der Waals surface area contributed by atoms with Gasteiger partial charge in [-0.2, -0.15) is 0 Å². The molecular weight excluding hydrogens is 687 g/mol. The third-order valence-electron chi connectivity index (χ3n) is 11.5. The molecule has 0 atom stereocenters. The Balaban J connectivity index is 1.12. The van der Waals surface area contributed by atoms with Gasteiger partial charge in [-0.3, -0.25) is 0 Å². The molecule has 0 aliphatic carbocycles. The van der Waals surface area contributed by atoms with Crippen molar-refractivity contribution in [3.63, 3.8) is 0 Å². The molecule has 10 aromatic carbocycles. The van der Waals surface area contributed by atoms with E-state index in [1.54, 1.807) is 0 Å². The fourth-order valence-corrected chi connectivity index (χ4v) is 8.68. The molecular formula is C56H41N. The predicted molar refractivity (Wildman–Crippen MR) is 246 cm³/mol. The zero-order chi connectivity index (χ0) is 38.1. The molecule has 10 aromatic rings. The summed E-state index contributed by atoms with van der Waals surface area (Å²) in [5.41, 5.74) is 12.1. The second-order valence-electron chi connectivity index (χ2n) is 14.8. The van der Waals surface area contributed by atoms with Crippen molar-refractivity contribution < 1.29 is 0 Å². The fourth-order valence-electron chi connectivity index (χ4n) is 8.68. The summed E-state index contributed by atoms with van der Waals surface area (Å²) in [7, 11) is 0. The second kappa shape index (κ2) is 14.8. The number of nitrogens with zero attached hydrogens (tertiary/aromatic N) is 1. The van der Waals surface area contributed by atoms with Crippen LogP contribution in [-0.2, 0) is 6.42 Å². The minimum atomic E-state index is 0.939. The highest BCUT2D eigenvalue weighted by atomic mass is 15.1. The molecule has 10 rings (SSSR count). The first-order valence-electron chi connectivity index (χ1n) is 19.8. The molecule has 0 radical (unpaired) electrons. The normalized spacial score (nSPS) is 11.4. The van der Waals surface area contributed by atoms with Gasteiger partial charge >= 0.3 is 0 Å². The van der Waals surface area contributed by atoms with Crippen LogP contribution in [-0.4, -0.2) is 0 Å². The van der Waals surface area contributed by atoms with Gasteiger partial charge < -0.3 is 4.90 Å². The van der Waals surface area contributed by atoms with E-state index in [9.17, 15) is 0 Å². The Morgan fingerprint density at radius 3 is 1.60 bits per heavy atom. The van der Waals surface area contributed by atoms with Crippen molar-refractivity contribution in [1.29, 1.82) is 0 Å². The second-order valence-corrected chi connectivity index (χ2v) is 14.8. The molecule has 0 spiro atoms. The van der Waals surface area contributed by atoms with Crippen LogP contribution in [0.25, 0.3) is 76.5 Å². The maximum atomic E-state index is 4.02. The number of benzene rings is 10. The molecule has 0 aliphatic rings. The summed E-state index contributed by atoms with van der Waals surface area (Å²) in [6.45, 7) is 4.02. The minimum absolute atomic E-state index is 0.939. The fraction of sp³-hybridized carbons (Fsp3) is 0.0357. The van der Waals surface area contributed by atoms with E-state index in [0.29, 0.717) is 0 Å². The summed E-state index contributed by atoms with van der Waals surface area (Å²) in [6, 6.07) is 75.6. The molecule has 0 fully saturated rings. The zero-order valence-electron chi connectivity index (χ0n) is 31.8. The Hall–Kier alpha value is -7.22. The van der Waals surface area contributed by atoms with E-state index in [1.165, 1.54) is 82.0 Å². The Bertz CT molecular complexity index is 3070. The molecule has 0 aromatic heterocycles. The third-order valence-corrected chi connectivity index (χ3v) is 11.5. The first-order valence-corrected chi connectivity index (χ1v) is 19.8. The summed E-state index contributed by atoms with van der Waals surface area (Å²) in [5, 5.41) is 10.0. The highest BCUT2D eigenvalue weighted by Crippen LogP contribution is 2.43. The lowest BCUT2D eigenvalue weighted by Crippen LogP contribution is -2.10. The van der Waals surface area contributed by atoms with Gasteiger partial charge in [-0.05, 0) is 132 Å². The molecule has 0 bridgehead atoms. The molecule has 1 nitrogen and oxygen atoms in total. The SMILES string of the molecule is C=CCCc1cc2ccccc2cc1-c1ccc(N(c2ccc(-c3cc4ccccc4c4ccccc34)cc2)c2cccc3c(-c4ccccc4)cccc23)cc1. The van der Waals surface area contributed by atoms with Gasteiger partial charge in [0.25, 0.3) is 0 Å². The number of hydrogen-bond acceptors (Lipinski definition) is 1. The number of rotatable bonds is 9. The van der Waals surface area contributed by atoms with Gasteiger partial charge in [0.05, 0.1) is 5.69 Å². The van der Waals surface area contributed by atoms with Crippen LogP contribution < -0.4 is 4.90 Å². The van der Waals surface area contributed by atoms with E-state index in [-0.39, 0.29) is 0 Å². The van der Waals surface area contributed by atoms with Crippen molar-refractivity contribution >= 4 is 60.2 Å². The lowest BCUT2D eigenvalue weighted by molar-refractivity contribution is 1.01. The van der Waals surface area contributed by atoms with Crippen LogP contribution in [0.15, 0.2) is 219 Å². The topological polar surface area (TPSA) is 3.24 Å². The maximum absolute atomic E-state index is 4.02. The number of fused-ring (bicyclic) bond motifs is 5. The first kappa shape index (κ1) is 34.3. The average Bonchev–Trinajstić information content (AvgIpc) is 3.28. The Morgan fingerprint density at radius 1 is 0.368 bits per heavy atom. The largest absolute Gasteiger partial charge is 0.310 e. The van der Waals surface area contributed by atoms with Crippen molar-refractivity contribution in [1.82, 2.24) is 0 Å². The quantitative estimate of drug-likeness (QED) is 0.106. The van der Waals surface area contributed by atoms with Gasteiger partial charge in [-0.25, -0.2) is 0 Å². The summed E-state index contributed by atoms with van der Waals surface area (Å²) in [5.74, 6) is 0. The van der Waals surface area contributed by atoms with E-state index < -0.39 is 0 Å². The Labute approximate surface area is 334 Å². The first-order chi connectivity index (χ1) is 28.2. The van der Waals surface area contributed by atoms with Crippen LogP contribution in [0.2, 0.25) is 0 Å². The van der Waals surface area contributed by atoms with Crippen LogP contribution in [0.1, 0.15) is 12.0 Å². The van der Waals surface area contributed by atoms with Crippen LogP contribution in [0.4, 0.5) is 17.1 Å². The smallest absolute Gasteiger partial charge is 0.0540 e. The summed E-state index contributed by atoms with van der Waals surface area (Å²) < 4.78 is 0. The number of anilines is 3. The van der Waals surface area contributed by atoms with Crippen molar-refractivity contribution in [3.05, 3.63) is 224 Å². The number of hydrogen-bond donors (Lipinski definition) is 0. The highest BCUT2D eigenvalue weighted by molar-refractivity contribution is 6.14. The summed E-state index contributed by atoms with van der Waals surface area (Å²) in [6.07, 6.45) is 3.91. The molecule has 0 saturated heterocycles. The van der Waals surface area contributed by atoms with Crippen LogP contribution in [0, 0.1) is 0 Å².